The molecule has 0 spiro atoms. The van der Waals surface area contributed by atoms with Crippen molar-refractivity contribution in [3.8, 4) is 34.2 Å². The van der Waals surface area contributed by atoms with Gasteiger partial charge in [0.2, 0.25) is 0 Å². The first-order chi connectivity index (χ1) is 17.7. The lowest BCUT2D eigenvalue weighted by molar-refractivity contribution is -0.0893. The summed E-state index contributed by atoms with van der Waals surface area (Å²) in [4.78, 5) is 14.7. The van der Waals surface area contributed by atoms with Crippen LogP contribution in [0.2, 0.25) is 0 Å². The second kappa shape index (κ2) is 9.89. The van der Waals surface area contributed by atoms with Crippen LogP contribution < -0.4 is 5.46 Å². The zero-order valence-corrected chi connectivity index (χ0v) is 21.5. The lowest BCUT2D eigenvalue weighted by Gasteiger charge is -2.37. The minimum atomic E-state index is -1.01. The highest BCUT2D eigenvalue weighted by atomic mass is 16.5. The summed E-state index contributed by atoms with van der Waals surface area (Å²) in [6.45, 7) is 7.20. The molecule has 0 atom stereocenters. The van der Waals surface area contributed by atoms with Crippen molar-refractivity contribution in [1.82, 2.24) is 15.0 Å². The van der Waals surface area contributed by atoms with Gasteiger partial charge in [0, 0.05) is 16.7 Å². The van der Waals surface area contributed by atoms with E-state index in [4.69, 9.17) is 19.6 Å². The van der Waals surface area contributed by atoms with Gasteiger partial charge < -0.3 is 9.76 Å². The largest absolute Gasteiger partial charge is 0.427 e. The van der Waals surface area contributed by atoms with Gasteiger partial charge in [-0.25, -0.2) is 15.0 Å². The predicted molar refractivity (Wildman–Crippen MR) is 150 cm³/mol. The van der Waals surface area contributed by atoms with Crippen molar-refractivity contribution in [2.75, 3.05) is 0 Å². The van der Waals surface area contributed by atoms with Gasteiger partial charge in [-0.05, 0) is 38.5 Å². The Kier molecular flexibility index (Phi) is 6.63. The Morgan fingerprint density at radius 1 is 0.649 bits per heavy atom. The Morgan fingerprint density at radius 3 is 2.00 bits per heavy atom. The minimum Gasteiger partial charge on any atom is -0.427 e. The Bertz CT molecular complexity index is 1540. The van der Waals surface area contributed by atoms with Crippen molar-refractivity contribution in [2.24, 2.45) is 0 Å². The Balaban J connectivity index is 1.59. The van der Waals surface area contributed by atoms with Gasteiger partial charge in [0.15, 0.2) is 17.5 Å². The lowest BCUT2D eigenvalue weighted by atomic mass is 9.82. The Labute approximate surface area is 218 Å². The third-order valence-corrected chi connectivity index (χ3v) is 6.81. The van der Waals surface area contributed by atoms with Crippen molar-refractivity contribution in [1.29, 1.82) is 0 Å². The molecule has 1 radical (unpaired) electrons. The summed E-state index contributed by atoms with van der Waals surface area (Å²) < 4.78 is 5.98. The second-order valence-electron chi connectivity index (χ2n) is 10.1. The summed E-state index contributed by atoms with van der Waals surface area (Å²) in [5.74, 6) is 1.81. The van der Waals surface area contributed by atoms with Crippen LogP contribution in [0.3, 0.4) is 0 Å². The van der Waals surface area contributed by atoms with E-state index >= 15 is 0 Å². The third kappa shape index (κ3) is 5.31. The van der Waals surface area contributed by atoms with Crippen LogP contribution >= 0.6 is 0 Å². The van der Waals surface area contributed by atoms with Gasteiger partial charge in [-0.15, -0.1) is 0 Å². The molecule has 37 heavy (non-hydrogen) atoms. The first kappa shape index (κ1) is 24.8. The van der Waals surface area contributed by atoms with Gasteiger partial charge in [0.05, 0.1) is 11.2 Å². The average Bonchev–Trinajstić information content (AvgIpc) is 2.91. The molecule has 5 aromatic rings. The van der Waals surface area contributed by atoms with Crippen molar-refractivity contribution >= 4 is 23.7 Å². The van der Waals surface area contributed by atoms with Crippen LogP contribution in [0.4, 0.5) is 0 Å². The molecule has 0 unspecified atom stereocenters. The van der Waals surface area contributed by atoms with E-state index in [1.54, 1.807) is 21.3 Å². The highest BCUT2D eigenvalue weighted by molar-refractivity contribution is 6.47. The molecule has 0 bridgehead atoms. The first-order valence-electron chi connectivity index (χ1n) is 12.3. The normalized spacial score (nSPS) is 12.0. The van der Waals surface area contributed by atoms with E-state index in [1.807, 2.05) is 92.7 Å². The van der Waals surface area contributed by atoms with Gasteiger partial charge in [-0.3, -0.25) is 0 Å². The summed E-state index contributed by atoms with van der Waals surface area (Å²) in [5.41, 5.74) is 1.80. The maximum Gasteiger partial charge on any atom is 0.330 e. The maximum atomic E-state index is 10.4. The Morgan fingerprint density at radius 2 is 1.24 bits per heavy atom. The van der Waals surface area contributed by atoms with E-state index in [0.29, 0.717) is 17.5 Å². The molecule has 0 saturated carbocycles. The number of aromatic nitrogens is 3. The van der Waals surface area contributed by atoms with Gasteiger partial charge in [0.1, 0.15) is 0 Å². The molecule has 0 fully saturated rings. The third-order valence-electron chi connectivity index (χ3n) is 6.81. The second-order valence-corrected chi connectivity index (χ2v) is 10.1. The summed E-state index contributed by atoms with van der Waals surface area (Å²) in [6, 6.07) is 32.2. The van der Waals surface area contributed by atoms with E-state index in [9.17, 15) is 5.11 Å². The number of aliphatic hydroxyl groups is 1. The highest BCUT2D eigenvalue weighted by Crippen LogP contribution is 2.29. The zero-order chi connectivity index (χ0) is 26.0. The quantitative estimate of drug-likeness (QED) is 0.293. The van der Waals surface area contributed by atoms with E-state index in [2.05, 4.69) is 18.2 Å². The minimum absolute atomic E-state index is 0.578. The number of rotatable bonds is 7. The predicted octanol–water partition coefficient (Wildman–Crippen LogP) is 5.84. The molecule has 6 heteroatoms. The van der Waals surface area contributed by atoms with Crippen molar-refractivity contribution < 1.29 is 9.76 Å². The molecule has 1 aromatic heterocycles. The summed E-state index contributed by atoms with van der Waals surface area (Å²) >= 11 is 0. The van der Waals surface area contributed by atoms with Crippen LogP contribution in [0.15, 0.2) is 97.1 Å². The van der Waals surface area contributed by atoms with E-state index in [1.165, 1.54) is 0 Å². The lowest BCUT2D eigenvalue weighted by Crippen LogP contribution is -2.49. The van der Waals surface area contributed by atoms with Crippen LogP contribution in [-0.4, -0.2) is 38.7 Å². The molecule has 0 aliphatic carbocycles. The fourth-order valence-corrected chi connectivity index (χ4v) is 3.87. The highest BCUT2D eigenvalue weighted by Gasteiger charge is 2.35. The van der Waals surface area contributed by atoms with Crippen LogP contribution in [0.5, 0.6) is 0 Å². The molecular formula is C31H29BN3O2. The summed E-state index contributed by atoms with van der Waals surface area (Å²) in [5, 5.41) is 12.7. The van der Waals surface area contributed by atoms with Crippen LogP contribution in [0.25, 0.3) is 44.9 Å². The molecule has 0 aliphatic rings. The molecule has 1 N–H and O–H groups in total. The van der Waals surface area contributed by atoms with Gasteiger partial charge >= 0.3 is 7.48 Å². The number of benzene rings is 4. The standard InChI is InChI=1S/C31H29BN3O2/c1-30(2,36)31(3,4)37-32-24-17-10-16-23(20-24)28-33-27(22-13-6-5-7-14-22)34-29(35-28)26-19-11-15-21-12-8-9-18-25(21)26/h5-20,36H,1-4H3. The topological polar surface area (TPSA) is 68.1 Å². The van der Waals surface area contributed by atoms with Crippen LogP contribution in [0, 0.1) is 0 Å². The fraction of sp³-hybridized carbons (Fsp3) is 0.194. The van der Waals surface area contributed by atoms with Gasteiger partial charge in [-0.2, -0.15) is 0 Å². The van der Waals surface area contributed by atoms with Gasteiger partial charge in [0.25, 0.3) is 0 Å². The summed E-state index contributed by atoms with van der Waals surface area (Å²) in [7, 11) is 1.67. The van der Waals surface area contributed by atoms with E-state index in [0.717, 1.165) is 32.9 Å². The number of hydrogen-bond donors (Lipinski definition) is 1. The van der Waals surface area contributed by atoms with E-state index < -0.39 is 11.2 Å². The van der Waals surface area contributed by atoms with Crippen molar-refractivity contribution in [3.05, 3.63) is 97.1 Å². The molecule has 1 heterocycles. The molecule has 5 nitrogen and oxygen atoms in total. The number of fused-ring (bicyclic) bond motifs is 1. The van der Waals surface area contributed by atoms with Crippen LogP contribution in [-0.2, 0) is 4.65 Å². The zero-order valence-electron chi connectivity index (χ0n) is 21.5. The van der Waals surface area contributed by atoms with Crippen molar-refractivity contribution in [3.63, 3.8) is 0 Å². The average molecular weight is 486 g/mol. The Hall–Kier alpha value is -3.87. The first-order valence-corrected chi connectivity index (χ1v) is 12.3. The van der Waals surface area contributed by atoms with Gasteiger partial charge in [-0.1, -0.05) is 103 Å². The molecule has 0 amide bonds. The molecule has 4 aromatic carbocycles. The monoisotopic (exact) mass is 486 g/mol. The van der Waals surface area contributed by atoms with Crippen LogP contribution in [0.1, 0.15) is 27.7 Å². The SMILES string of the molecule is CC(C)(O)C(C)(C)O[B]c1cccc(-c2nc(-c3ccccc3)nc(-c3cccc4ccccc34)n2)c1. The molecular weight excluding hydrogens is 457 g/mol. The summed E-state index contributed by atoms with van der Waals surface area (Å²) in [6.07, 6.45) is 0. The number of nitrogens with zero attached hydrogens (tertiary/aromatic N) is 3. The molecule has 183 valence electrons. The van der Waals surface area contributed by atoms with E-state index in [-0.39, 0.29) is 0 Å². The fourth-order valence-electron chi connectivity index (χ4n) is 3.87. The smallest absolute Gasteiger partial charge is 0.330 e. The van der Waals surface area contributed by atoms with Crippen molar-refractivity contribution in [2.45, 2.75) is 38.9 Å². The maximum absolute atomic E-state index is 10.4. The number of hydrogen-bond acceptors (Lipinski definition) is 5. The molecule has 0 saturated heterocycles. The molecule has 0 aliphatic heterocycles. The molecule has 5 rings (SSSR count).